The van der Waals surface area contributed by atoms with Gasteiger partial charge in [-0.2, -0.15) is 0 Å². The normalized spacial score (nSPS) is 20.1. The SMILES string of the molecule is CC(C)C1C=CC=C1.CC1=NC(C)(C(=O)O)N=C1C. The zero-order valence-corrected chi connectivity index (χ0v) is 12.2. The van der Waals surface area contributed by atoms with Gasteiger partial charge in [0.1, 0.15) is 0 Å². The average molecular weight is 262 g/mol. The molecule has 2 rings (SSSR count). The van der Waals surface area contributed by atoms with Crippen LogP contribution in [0.1, 0.15) is 34.6 Å². The molecule has 0 aromatic heterocycles. The van der Waals surface area contributed by atoms with E-state index in [9.17, 15) is 4.79 Å². The van der Waals surface area contributed by atoms with E-state index in [-0.39, 0.29) is 0 Å². The molecule has 0 spiro atoms. The third kappa shape index (κ3) is 3.88. The minimum atomic E-state index is -1.27. The highest BCUT2D eigenvalue weighted by molar-refractivity contribution is 6.42. The molecule has 19 heavy (non-hydrogen) atoms. The van der Waals surface area contributed by atoms with Crippen molar-refractivity contribution in [1.29, 1.82) is 0 Å². The average Bonchev–Trinajstić information content (AvgIpc) is 2.89. The van der Waals surface area contributed by atoms with Gasteiger partial charge in [0, 0.05) is 0 Å². The molecule has 0 atom stereocenters. The number of aliphatic imine (C=N–C) groups is 2. The summed E-state index contributed by atoms with van der Waals surface area (Å²) >= 11 is 0. The smallest absolute Gasteiger partial charge is 0.354 e. The third-order valence-electron chi connectivity index (χ3n) is 3.25. The van der Waals surface area contributed by atoms with Gasteiger partial charge in [-0.05, 0) is 32.6 Å². The molecule has 0 saturated carbocycles. The van der Waals surface area contributed by atoms with Crippen LogP contribution in [0.3, 0.4) is 0 Å². The lowest BCUT2D eigenvalue weighted by Gasteiger charge is -2.09. The lowest BCUT2D eigenvalue weighted by Crippen LogP contribution is -2.28. The molecule has 1 heterocycles. The highest BCUT2D eigenvalue weighted by atomic mass is 16.4. The fourth-order valence-corrected chi connectivity index (χ4v) is 1.83. The Morgan fingerprint density at radius 3 is 1.84 bits per heavy atom. The number of hydrogen-bond donors (Lipinski definition) is 1. The molecule has 0 aromatic rings. The highest BCUT2D eigenvalue weighted by Crippen LogP contribution is 2.19. The Balaban J connectivity index is 0.000000200. The molecule has 1 aliphatic heterocycles. The second kappa shape index (κ2) is 5.95. The summed E-state index contributed by atoms with van der Waals surface area (Å²) < 4.78 is 0. The van der Waals surface area contributed by atoms with Crippen molar-refractivity contribution in [3.63, 3.8) is 0 Å². The Kier molecular flexibility index (Phi) is 4.81. The van der Waals surface area contributed by atoms with Crippen molar-refractivity contribution in [2.75, 3.05) is 0 Å². The maximum absolute atomic E-state index is 10.6. The number of carboxylic acids is 1. The largest absolute Gasteiger partial charge is 0.478 e. The summed E-state index contributed by atoms with van der Waals surface area (Å²) in [4.78, 5) is 18.4. The number of aliphatic carboxylic acids is 1. The number of carbonyl (C=O) groups is 1. The van der Waals surface area contributed by atoms with Crippen LogP contribution in [0.15, 0.2) is 34.3 Å². The van der Waals surface area contributed by atoms with E-state index in [0.717, 1.165) is 5.92 Å². The molecule has 2 aliphatic rings. The monoisotopic (exact) mass is 262 g/mol. The molecule has 0 aromatic carbocycles. The van der Waals surface area contributed by atoms with Gasteiger partial charge in [0.2, 0.25) is 5.66 Å². The van der Waals surface area contributed by atoms with E-state index in [4.69, 9.17) is 5.11 Å². The summed E-state index contributed by atoms with van der Waals surface area (Å²) in [5.41, 5.74) is 0.138. The van der Waals surface area contributed by atoms with E-state index in [1.165, 1.54) is 6.92 Å². The highest BCUT2D eigenvalue weighted by Gasteiger charge is 2.35. The number of rotatable bonds is 2. The number of nitrogens with zero attached hydrogens (tertiary/aromatic N) is 2. The molecule has 4 nitrogen and oxygen atoms in total. The molecule has 1 aliphatic carbocycles. The van der Waals surface area contributed by atoms with E-state index in [1.54, 1.807) is 13.8 Å². The van der Waals surface area contributed by atoms with E-state index >= 15 is 0 Å². The maximum Gasteiger partial charge on any atom is 0.354 e. The molecular weight excluding hydrogens is 240 g/mol. The molecule has 0 bridgehead atoms. The minimum absolute atomic E-state index is 0.704. The van der Waals surface area contributed by atoms with Gasteiger partial charge in [-0.25, -0.2) is 14.8 Å². The Morgan fingerprint density at radius 2 is 1.63 bits per heavy atom. The van der Waals surface area contributed by atoms with Crippen LogP contribution >= 0.6 is 0 Å². The predicted molar refractivity (Wildman–Crippen MR) is 78.9 cm³/mol. The van der Waals surface area contributed by atoms with Crippen LogP contribution in [0.25, 0.3) is 0 Å². The Bertz CT molecular complexity index is 441. The van der Waals surface area contributed by atoms with Crippen LogP contribution in [0.5, 0.6) is 0 Å². The molecule has 104 valence electrons. The summed E-state index contributed by atoms with van der Waals surface area (Å²) in [5.74, 6) is 0.466. The van der Waals surface area contributed by atoms with Crippen molar-refractivity contribution < 1.29 is 9.90 Å². The summed E-state index contributed by atoms with van der Waals surface area (Å²) in [5, 5.41) is 8.69. The van der Waals surface area contributed by atoms with Gasteiger partial charge >= 0.3 is 5.97 Å². The van der Waals surface area contributed by atoms with Crippen molar-refractivity contribution in [1.82, 2.24) is 0 Å². The Labute approximate surface area is 114 Å². The fourth-order valence-electron chi connectivity index (χ4n) is 1.83. The van der Waals surface area contributed by atoms with Crippen LogP contribution in [0.2, 0.25) is 0 Å². The maximum atomic E-state index is 10.6. The molecule has 1 N–H and O–H groups in total. The molecule has 0 unspecified atom stereocenters. The first-order valence-corrected chi connectivity index (χ1v) is 6.48. The minimum Gasteiger partial charge on any atom is -0.478 e. The van der Waals surface area contributed by atoms with Crippen molar-refractivity contribution >= 4 is 17.4 Å². The zero-order valence-electron chi connectivity index (χ0n) is 12.2. The Hall–Kier alpha value is -1.71. The fraction of sp³-hybridized carbons (Fsp3) is 0.533. The number of hydrogen-bond acceptors (Lipinski definition) is 3. The van der Waals surface area contributed by atoms with E-state index in [2.05, 4.69) is 48.1 Å². The lowest BCUT2D eigenvalue weighted by molar-refractivity contribution is -0.142. The number of carboxylic acid groups (broad SMARTS) is 1. The van der Waals surface area contributed by atoms with Gasteiger partial charge in [-0.3, -0.25) is 0 Å². The zero-order chi connectivity index (χ0) is 14.6. The van der Waals surface area contributed by atoms with Crippen LogP contribution < -0.4 is 0 Å². The van der Waals surface area contributed by atoms with E-state index in [0.29, 0.717) is 17.3 Å². The van der Waals surface area contributed by atoms with Gasteiger partial charge in [-0.1, -0.05) is 38.2 Å². The van der Waals surface area contributed by atoms with Crippen molar-refractivity contribution in [2.45, 2.75) is 40.3 Å². The van der Waals surface area contributed by atoms with Crippen LogP contribution in [0, 0.1) is 11.8 Å². The lowest BCUT2D eigenvalue weighted by atomic mass is 9.98. The second-order valence-corrected chi connectivity index (χ2v) is 5.31. The standard InChI is InChI=1S/C8H12.C7H10N2O2/c1-7(2)8-5-3-4-6-8;1-4-5(2)9-7(3,8-4)6(10)11/h3-8H,1-2H3;1-3H3,(H,10,11). The molecule has 0 fully saturated rings. The van der Waals surface area contributed by atoms with Gasteiger partial charge in [0.05, 0.1) is 11.4 Å². The topological polar surface area (TPSA) is 62.0 Å². The predicted octanol–water partition coefficient (Wildman–Crippen LogP) is 3.11. The summed E-state index contributed by atoms with van der Waals surface area (Å²) in [6, 6.07) is 0. The van der Waals surface area contributed by atoms with Gasteiger partial charge in [0.25, 0.3) is 0 Å². The molecule has 0 amide bonds. The second-order valence-electron chi connectivity index (χ2n) is 5.31. The molecule has 0 saturated heterocycles. The third-order valence-corrected chi connectivity index (χ3v) is 3.25. The van der Waals surface area contributed by atoms with Crippen molar-refractivity contribution in [2.24, 2.45) is 21.8 Å². The summed E-state index contributed by atoms with van der Waals surface area (Å²) in [6.07, 6.45) is 8.71. The van der Waals surface area contributed by atoms with Crippen LogP contribution in [0.4, 0.5) is 0 Å². The van der Waals surface area contributed by atoms with Gasteiger partial charge in [-0.15, -0.1) is 0 Å². The van der Waals surface area contributed by atoms with Crippen molar-refractivity contribution in [3.05, 3.63) is 24.3 Å². The molecule has 0 radical (unpaired) electrons. The molecule has 4 heteroatoms. The Morgan fingerprint density at radius 1 is 1.21 bits per heavy atom. The molecular formula is C15H22N2O2. The first-order valence-electron chi connectivity index (χ1n) is 6.48. The van der Waals surface area contributed by atoms with Gasteiger partial charge < -0.3 is 5.11 Å². The first-order chi connectivity index (χ1) is 8.76. The van der Waals surface area contributed by atoms with E-state index in [1.807, 2.05) is 0 Å². The van der Waals surface area contributed by atoms with Crippen LogP contribution in [-0.4, -0.2) is 28.2 Å². The van der Waals surface area contributed by atoms with E-state index < -0.39 is 11.6 Å². The van der Waals surface area contributed by atoms with Crippen molar-refractivity contribution in [3.8, 4) is 0 Å². The first kappa shape index (κ1) is 15.3. The summed E-state index contributed by atoms with van der Waals surface area (Å²) in [6.45, 7) is 9.48. The quantitative estimate of drug-likeness (QED) is 0.831. The number of allylic oxidation sites excluding steroid dienone is 4. The summed E-state index contributed by atoms with van der Waals surface area (Å²) in [7, 11) is 0. The van der Waals surface area contributed by atoms with Crippen LogP contribution in [-0.2, 0) is 4.79 Å². The van der Waals surface area contributed by atoms with Gasteiger partial charge in [0.15, 0.2) is 0 Å².